The third kappa shape index (κ3) is 3.59. The van der Waals surface area contributed by atoms with Crippen LogP contribution < -0.4 is 0 Å². The standard InChI is InChI=1S/C6H6O.B.FH/c7-6-4-2-1-3-5-6;;/h1-5,7H;;1H. The number of benzene rings is 1. The second kappa shape index (κ2) is 5.16. The fraction of sp³-hybridized carbons (Fsp3) is 0. The zero-order chi connectivity index (χ0) is 5.11. The van der Waals surface area contributed by atoms with Crippen LogP contribution in [0.25, 0.3) is 0 Å². The van der Waals surface area contributed by atoms with Crippen LogP contribution in [-0.4, -0.2) is 13.5 Å². The average Bonchev–Trinajstić information content (AvgIpc) is 1.69. The number of para-hydroxylation sites is 1. The quantitative estimate of drug-likeness (QED) is 0.515. The molecule has 3 heteroatoms. The minimum Gasteiger partial charge on any atom is -0.508 e. The maximum atomic E-state index is 8.63. The molecular weight excluding hydrogens is 118 g/mol. The molecule has 0 aliphatic carbocycles. The molecule has 0 bridgehead atoms. The maximum Gasteiger partial charge on any atom is 0.115 e. The summed E-state index contributed by atoms with van der Waals surface area (Å²) in [5.41, 5.74) is 0. The van der Waals surface area contributed by atoms with E-state index in [4.69, 9.17) is 5.11 Å². The van der Waals surface area contributed by atoms with Crippen molar-refractivity contribution in [2.24, 2.45) is 0 Å². The highest BCUT2D eigenvalue weighted by Crippen LogP contribution is 2.02. The van der Waals surface area contributed by atoms with E-state index in [2.05, 4.69) is 0 Å². The molecule has 1 nitrogen and oxygen atoms in total. The normalized spacial score (nSPS) is 6.67. The summed E-state index contributed by atoms with van der Waals surface area (Å²) in [6.45, 7) is 0. The molecule has 9 heavy (non-hydrogen) atoms. The molecule has 0 spiro atoms. The van der Waals surface area contributed by atoms with Crippen LogP contribution in [-0.2, 0) is 0 Å². The summed E-state index contributed by atoms with van der Waals surface area (Å²) in [5.74, 6) is 0.322. The van der Waals surface area contributed by atoms with E-state index in [1.54, 1.807) is 24.3 Å². The Morgan fingerprint density at radius 2 is 1.44 bits per heavy atom. The monoisotopic (exact) mass is 125 g/mol. The van der Waals surface area contributed by atoms with Gasteiger partial charge in [-0.15, -0.1) is 0 Å². The van der Waals surface area contributed by atoms with Gasteiger partial charge in [0, 0.05) is 8.41 Å². The van der Waals surface area contributed by atoms with Gasteiger partial charge >= 0.3 is 0 Å². The van der Waals surface area contributed by atoms with Crippen LogP contribution in [0.3, 0.4) is 0 Å². The molecule has 1 rings (SSSR count). The van der Waals surface area contributed by atoms with Crippen molar-refractivity contribution < 1.29 is 9.81 Å². The number of hydrogen-bond acceptors (Lipinski definition) is 1. The summed E-state index contributed by atoms with van der Waals surface area (Å²) in [5, 5.41) is 8.63. The van der Waals surface area contributed by atoms with Crippen molar-refractivity contribution in [1.82, 2.24) is 0 Å². The lowest BCUT2D eigenvalue weighted by Gasteiger charge is -1.82. The Balaban J connectivity index is 0. The lowest BCUT2D eigenvalue weighted by Crippen LogP contribution is -1.56. The van der Waals surface area contributed by atoms with Crippen molar-refractivity contribution >= 4 is 8.41 Å². The molecular formula is C6H7BFO. The Bertz CT molecular complexity index is 143. The molecule has 0 aliphatic heterocycles. The Labute approximate surface area is 55.3 Å². The number of halogens is 1. The summed E-state index contributed by atoms with van der Waals surface area (Å²) in [4.78, 5) is 0. The fourth-order valence-corrected chi connectivity index (χ4v) is 0.428. The van der Waals surface area contributed by atoms with Crippen LogP contribution >= 0.6 is 0 Å². The van der Waals surface area contributed by atoms with Gasteiger partial charge in [0.2, 0.25) is 0 Å². The predicted octanol–water partition coefficient (Wildman–Crippen LogP) is 1.16. The van der Waals surface area contributed by atoms with E-state index in [1.807, 2.05) is 6.07 Å². The van der Waals surface area contributed by atoms with Gasteiger partial charge in [0.25, 0.3) is 0 Å². The van der Waals surface area contributed by atoms with E-state index in [9.17, 15) is 0 Å². The first kappa shape index (κ1) is 10.9. The van der Waals surface area contributed by atoms with Crippen molar-refractivity contribution in [3.63, 3.8) is 0 Å². The van der Waals surface area contributed by atoms with Gasteiger partial charge in [-0.3, -0.25) is 4.70 Å². The highest BCUT2D eigenvalue weighted by atomic mass is 19.0. The lowest BCUT2D eigenvalue weighted by atomic mass is 10.3. The van der Waals surface area contributed by atoms with E-state index in [0.717, 1.165) is 0 Å². The van der Waals surface area contributed by atoms with Crippen LogP contribution in [0.15, 0.2) is 30.3 Å². The Morgan fingerprint density at radius 1 is 1.00 bits per heavy atom. The first-order chi connectivity index (χ1) is 3.39. The first-order valence-electron chi connectivity index (χ1n) is 2.13. The van der Waals surface area contributed by atoms with Crippen LogP contribution in [0.4, 0.5) is 4.70 Å². The molecule has 0 unspecified atom stereocenters. The molecule has 0 saturated heterocycles. The topological polar surface area (TPSA) is 20.2 Å². The number of hydrogen-bond donors (Lipinski definition) is 1. The number of phenols is 1. The summed E-state index contributed by atoms with van der Waals surface area (Å²) >= 11 is 0. The Kier molecular flexibility index (Phi) is 6.25. The molecule has 1 aromatic rings. The van der Waals surface area contributed by atoms with Crippen molar-refractivity contribution in [2.75, 3.05) is 0 Å². The van der Waals surface area contributed by atoms with Crippen molar-refractivity contribution in [3.8, 4) is 5.75 Å². The molecule has 3 radical (unpaired) electrons. The van der Waals surface area contributed by atoms with Crippen LogP contribution in [0, 0.1) is 0 Å². The molecule has 0 aliphatic rings. The maximum absolute atomic E-state index is 8.63. The molecule has 47 valence electrons. The second-order valence-electron chi connectivity index (χ2n) is 1.34. The van der Waals surface area contributed by atoms with Crippen LogP contribution in [0.1, 0.15) is 0 Å². The van der Waals surface area contributed by atoms with Gasteiger partial charge < -0.3 is 5.11 Å². The molecule has 1 N–H and O–H groups in total. The smallest absolute Gasteiger partial charge is 0.115 e. The number of rotatable bonds is 0. The van der Waals surface area contributed by atoms with Gasteiger partial charge in [-0.05, 0) is 12.1 Å². The third-order valence-electron chi connectivity index (χ3n) is 0.756. The zero-order valence-corrected chi connectivity index (χ0v) is 4.82. The fourth-order valence-electron chi connectivity index (χ4n) is 0.428. The first-order valence-corrected chi connectivity index (χ1v) is 2.13. The van der Waals surface area contributed by atoms with E-state index in [1.165, 1.54) is 0 Å². The lowest BCUT2D eigenvalue weighted by molar-refractivity contribution is 0.475. The summed E-state index contributed by atoms with van der Waals surface area (Å²) in [7, 11) is 0. The van der Waals surface area contributed by atoms with Crippen molar-refractivity contribution in [2.45, 2.75) is 0 Å². The molecule has 0 heterocycles. The second-order valence-corrected chi connectivity index (χ2v) is 1.34. The SMILES string of the molecule is F.Oc1ccccc1.[B]. The highest BCUT2D eigenvalue weighted by molar-refractivity contribution is 5.75. The van der Waals surface area contributed by atoms with E-state index >= 15 is 0 Å². The van der Waals surface area contributed by atoms with Gasteiger partial charge in [0.15, 0.2) is 0 Å². The summed E-state index contributed by atoms with van der Waals surface area (Å²) < 4.78 is 0. The van der Waals surface area contributed by atoms with Crippen molar-refractivity contribution in [1.29, 1.82) is 0 Å². The van der Waals surface area contributed by atoms with E-state index in [-0.39, 0.29) is 13.1 Å². The van der Waals surface area contributed by atoms with E-state index < -0.39 is 0 Å². The molecule has 1 aromatic carbocycles. The minimum absolute atomic E-state index is 0. The van der Waals surface area contributed by atoms with Crippen molar-refractivity contribution in [3.05, 3.63) is 30.3 Å². The largest absolute Gasteiger partial charge is 0.508 e. The van der Waals surface area contributed by atoms with Gasteiger partial charge in [-0.25, -0.2) is 0 Å². The summed E-state index contributed by atoms with van der Waals surface area (Å²) in [6.07, 6.45) is 0. The number of phenolic OH excluding ortho intramolecular Hbond substituents is 1. The van der Waals surface area contributed by atoms with Crippen LogP contribution in [0.5, 0.6) is 5.75 Å². The average molecular weight is 125 g/mol. The third-order valence-corrected chi connectivity index (χ3v) is 0.756. The van der Waals surface area contributed by atoms with Gasteiger partial charge in [0.1, 0.15) is 5.75 Å². The van der Waals surface area contributed by atoms with Gasteiger partial charge in [-0.2, -0.15) is 0 Å². The Morgan fingerprint density at radius 3 is 1.67 bits per heavy atom. The van der Waals surface area contributed by atoms with E-state index in [0.29, 0.717) is 5.75 Å². The van der Waals surface area contributed by atoms with Gasteiger partial charge in [0.05, 0.1) is 0 Å². The zero-order valence-electron chi connectivity index (χ0n) is 4.82. The molecule has 0 aromatic heterocycles. The molecule has 0 atom stereocenters. The molecule has 0 fully saturated rings. The Hall–Kier alpha value is -0.985. The summed E-state index contributed by atoms with van der Waals surface area (Å²) in [6, 6.07) is 8.71. The number of aromatic hydroxyl groups is 1. The highest BCUT2D eigenvalue weighted by Gasteiger charge is 1.74. The molecule has 0 saturated carbocycles. The van der Waals surface area contributed by atoms with Gasteiger partial charge in [-0.1, -0.05) is 18.2 Å². The molecule has 0 amide bonds. The minimum atomic E-state index is 0. The predicted molar refractivity (Wildman–Crippen MR) is 36.4 cm³/mol. The van der Waals surface area contributed by atoms with Crippen LogP contribution in [0.2, 0.25) is 0 Å².